The predicted octanol–water partition coefficient (Wildman–Crippen LogP) is 5.66. The molecule has 29 heavy (non-hydrogen) atoms. The van der Waals surface area contributed by atoms with Gasteiger partial charge in [-0.25, -0.2) is 0 Å². The van der Waals surface area contributed by atoms with Crippen molar-refractivity contribution in [3.05, 3.63) is 0 Å². The van der Waals surface area contributed by atoms with E-state index in [1.54, 1.807) is 0 Å². The summed E-state index contributed by atoms with van der Waals surface area (Å²) in [6.07, 6.45) is 9.33. The molecule has 0 aromatic carbocycles. The summed E-state index contributed by atoms with van der Waals surface area (Å²) >= 11 is 0. The van der Waals surface area contributed by atoms with Crippen LogP contribution in [0.15, 0.2) is 0 Å². The van der Waals surface area contributed by atoms with Crippen LogP contribution >= 0.6 is 0 Å². The Balaban J connectivity index is -0.0000000873. The van der Waals surface area contributed by atoms with Crippen LogP contribution in [0, 0.1) is 23.7 Å². The molecule has 0 aliphatic carbocycles. The first-order chi connectivity index (χ1) is 13.2. The summed E-state index contributed by atoms with van der Waals surface area (Å²) in [5.41, 5.74) is 0. The van der Waals surface area contributed by atoms with Gasteiger partial charge in [-0.2, -0.15) is 0 Å². The molecule has 4 atom stereocenters. The predicted molar refractivity (Wildman–Crippen MR) is 125 cm³/mol. The second-order valence-electron chi connectivity index (χ2n) is 8.31. The molecule has 0 fully saturated rings. The Bertz CT molecular complexity index is 195. The Hall–Kier alpha value is 0.710. The molecule has 0 aliphatic heterocycles. The van der Waals surface area contributed by atoms with Gasteiger partial charge in [-0.15, -0.1) is 0 Å². The van der Waals surface area contributed by atoms with E-state index in [1.807, 2.05) is 0 Å². The molecule has 0 bridgehead atoms. The third kappa shape index (κ3) is 47.8. The van der Waals surface area contributed by atoms with Gasteiger partial charge in [0.25, 0.3) is 0 Å². The maximum Gasteiger partial charge on any atom is 0.0456 e. The molecule has 4 N–H and O–H groups in total. The van der Waals surface area contributed by atoms with Crippen LogP contribution in [-0.4, -0.2) is 46.9 Å². The van der Waals surface area contributed by atoms with Crippen LogP contribution < -0.4 is 0 Å². The minimum atomic E-state index is 0. The standard InChI is InChI=1S/4C6H14O.Hf/c4*1-3-4-6(2)5-7;/h4*6-7H,3-5H2,1-2H3;. The summed E-state index contributed by atoms with van der Waals surface area (Å²) in [6, 6.07) is 0. The first kappa shape index (κ1) is 40.1. The van der Waals surface area contributed by atoms with Crippen molar-refractivity contribution in [1.82, 2.24) is 0 Å². The minimum Gasteiger partial charge on any atom is -0.396 e. The van der Waals surface area contributed by atoms with Crippen LogP contribution in [0.2, 0.25) is 0 Å². The zero-order valence-corrected chi connectivity index (χ0v) is 24.7. The molecule has 4 nitrogen and oxygen atoms in total. The van der Waals surface area contributed by atoms with Gasteiger partial charge in [0.2, 0.25) is 0 Å². The van der Waals surface area contributed by atoms with Crippen molar-refractivity contribution < 1.29 is 46.3 Å². The van der Waals surface area contributed by atoms with E-state index in [2.05, 4.69) is 55.4 Å². The van der Waals surface area contributed by atoms with E-state index in [1.165, 1.54) is 25.7 Å². The van der Waals surface area contributed by atoms with Gasteiger partial charge < -0.3 is 20.4 Å². The van der Waals surface area contributed by atoms with Crippen LogP contribution in [-0.2, 0) is 25.8 Å². The number of rotatable bonds is 12. The second-order valence-corrected chi connectivity index (χ2v) is 8.31. The molecule has 0 heterocycles. The van der Waals surface area contributed by atoms with Gasteiger partial charge in [0, 0.05) is 52.3 Å². The van der Waals surface area contributed by atoms with Gasteiger partial charge in [0.15, 0.2) is 0 Å². The monoisotopic (exact) mass is 588 g/mol. The molecule has 0 radical (unpaired) electrons. The molecule has 180 valence electrons. The SMILES string of the molecule is CCCC(C)CO.CCCC(C)CO.CCCC(C)CO.CCCC(C)CO.[Hf]. The Labute approximate surface area is 202 Å². The number of hydrogen-bond acceptors (Lipinski definition) is 4. The molecule has 4 unspecified atom stereocenters. The summed E-state index contributed by atoms with van der Waals surface area (Å²) in [5.74, 6) is 2.02. The minimum absolute atomic E-state index is 0. The number of hydrogen-bond donors (Lipinski definition) is 4. The zero-order chi connectivity index (χ0) is 22.8. The summed E-state index contributed by atoms with van der Waals surface area (Å²) in [6.45, 7) is 18.1. The van der Waals surface area contributed by atoms with E-state index in [9.17, 15) is 0 Å². The van der Waals surface area contributed by atoms with Crippen LogP contribution in [0.3, 0.4) is 0 Å². The molecule has 0 aliphatic rings. The zero-order valence-electron chi connectivity index (χ0n) is 21.1. The second kappa shape index (κ2) is 36.1. The van der Waals surface area contributed by atoms with Crippen LogP contribution in [0.4, 0.5) is 0 Å². The summed E-state index contributed by atoms with van der Waals surface area (Å²) in [7, 11) is 0. The van der Waals surface area contributed by atoms with E-state index in [0.29, 0.717) is 50.1 Å². The van der Waals surface area contributed by atoms with Gasteiger partial charge in [0.05, 0.1) is 0 Å². The maximum absolute atomic E-state index is 8.47. The molecular weight excluding hydrogens is 531 g/mol. The van der Waals surface area contributed by atoms with Gasteiger partial charge in [-0.1, -0.05) is 81.1 Å². The smallest absolute Gasteiger partial charge is 0.0456 e. The summed E-state index contributed by atoms with van der Waals surface area (Å²) < 4.78 is 0. The molecule has 0 aromatic heterocycles. The topological polar surface area (TPSA) is 80.9 Å². The third-order valence-corrected chi connectivity index (χ3v) is 4.37. The molecule has 0 spiro atoms. The van der Waals surface area contributed by atoms with E-state index in [0.717, 1.165) is 25.7 Å². The van der Waals surface area contributed by atoms with E-state index in [-0.39, 0.29) is 25.8 Å². The first-order valence-electron chi connectivity index (χ1n) is 11.7. The Morgan fingerprint density at radius 3 is 0.586 bits per heavy atom. The van der Waals surface area contributed by atoms with E-state index >= 15 is 0 Å². The van der Waals surface area contributed by atoms with Crippen molar-refractivity contribution in [1.29, 1.82) is 0 Å². The fraction of sp³-hybridized carbons (Fsp3) is 1.00. The number of aliphatic hydroxyl groups is 4. The largest absolute Gasteiger partial charge is 0.396 e. The van der Waals surface area contributed by atoms with Crippen molar-refractivity contribution >= 4 is 0 Å². The van der Waals surface area contributed by atoms with Gasteiger partial charge in [-0.05, 0) is 49.4 Å². The Kier molecular flexibility index (Phi) is 49.9. The molecular formula is C24H56HfO4. The van der Waals surface area contributed by atoms with Crippen molar-refractivity contribution in [3.8, 4) is 0 Å². The van der Waals surface area contributed by atoms with E-state index in [4.69, 9.17) is 20.4 Å². The van der Waals surface area contributed by atoms with Gasteiger partial charge in [0.1, 0.15) is 0 Å². The molecule has 0 amide bonds. The maximum atomic E-state index is 8.47. The summed E-state index contributed by atoms with van der Waals surface area (Å²) in [5, 5.41) is 33.9. The Morgan fingerprint density at radius 2 is 0.552 bits per heavy atom. The third-order valence-electron chi connectivity index (χ3n) is 4.37. The van der Waals surface area contributed by atoms with Crippen LogP contribution in [0.1, 0.15) is 107 Å². The first-order valence-corrected chi connectivity index (χ1v) is 11.7. The van der Waals surface area contributed by atoms with Crippen molar-refractivity contribution in [3.63, 3.8) is 0 Å². The van der Waals surface area contributed by atoms with Crippen LogP contribution in [0.5, 0.6) is 0 Å². The molecule has 0 aromatic rings. The average Bonchev–Trinajstić information content (AvgIpc) is 2.70. The summed E-state index contributed by atoms with van der Waals surface area (Å²) in [4.78, 5) is 0. The molecule has 0 saturated carbocycles. The molecule has 0 rings (SSSR count). The number of aliphatic hydroxyl groups excluding tert-OH is 4. The fourth-order valence-electron chi connectivity index (χ4n) is 2.34. The van der Waals surface area contributed by atoms with Crippen molar-refractivity contribution in [2.45, 2.75) is 107 Å². The fourth-order valence-corrected chi connectivity index (χ4v) is 2.34. The van der Waals surface area contributed by atoms with Crippen molar-refractivity contribution in [2.75, 3.05) is 26.4 Å². The average molecular weight is 587 g/mol. The van der Waals surface area contributed by atoms with Crippen molar-refractivity contribution in [2.24, 2.45) is 23.7 Å². The quantitative estimate of drug-likeness (QED) is 0.223. The Morgan fingerprint density at radius 1 is 0.414 bits per heavy atom. The molecule has 5 heteroatoms. The normalized spacial score (nSPS) is 13.7. The van der Waals surface area contributed by atoms with Crippen LogP contribution in [0.25, 0.3) is 0 Å². The van der Waals surface area contributed by atoms with E-state index < -0.39 is 0 Å². The van der Waals surface area contributed by atoms with Gasteiger partial charge >= 0.3 is 0 Å². The molecule has 0 saturated heterocycles. The van der Waals surface area contributed by atoms with Gasteiger partial charge in [-0.3, -0.25) is 0 Å².